The van der Waals surface area contributed by atoms with Gasteiger partial charge in [-0.2, -0.15) is 0 Å². The van der Waals surface area contributed by atoms with Crippen molar-refractivity contribution in [3.05, 3.63) is 30.1 Å². The molecule has 4 nitrogen and oxygen atoms in total. The van der Waals surface area contributed by atoms with Crippen molar-refractivity contribution in [2.75, 3.05) is 5.75 Å². The van der Waals surface area contributed by atoms with Gasteiger partial charge in [-0.1, -0.05) is 12.1 Å². The van der Waals surface area contributed by atoms with Crippen LogP contribution in [-0.4, -0.2) is 29.0 Å². The molecule has 1 aromatic heterocycles. The number of sulfone groups is 1. The standard InChI is InChI=1S/C13H18N2O2S/c1-10(2)18(16,17)9-8-15-11(3)14-12-6-4-5-7-13(12)15/h4-7,10H,8-9H2,1-3H3. The predicted molar refractivity (Wildman–Crippen MR) is 73.4 cm³/mol. The fourth-order valence-corrected chi connectivity index (χ4v) is 2.84. The molecular formula is C13H18N2O2S. The smallest absolute Gasteiger partial charge is 0.154 e. The number of hydrogen-bond acceptors (Lipinski definition) is 3. The van der Waals surface area contributed by atoms with Gasteiger partial charge in [0.1, 0.15) is 5.82 Å². The zero-order chi connectivity index (χ0) is 13.3. The second-order valence-electron chi connectivity index (χ2n) is 4.72. The van der Waals surface area contributed by atoms with Crippen LogP contribution in [0.2, 0.25) is 0 Å². The molecule has 98 valence electrons. The van der Waals surface area contributed by atoms with E-state index < -0.39 is 9.84 Å². The Labute approximate surface area is 108 Å². The van der Waals surface area contributed by atoms with E-state index in [4.69, 9.17) is 0 Å². The molecule has 0 saturated heterocycles. The third-order valence-corrected chi connectivity index (χ3v) is 5.35. The summed E-state index contributed by atoms with van der Waals surface area (Å²) < 4.78 is 25.6. The fraction of sp³-hybridized carbons (Fsp3) is 0.462. The molecule has 0 spiro atoms. The zero-order valence-electron chi connectivity index (χ0n) is 10.9. The van der Waals surface area contributed by atoms with Crippen molar-refractivity contribution in [3.63, 3.8) is 0 Å². The fourth-order valence-electron chi connectivity index (χ4n) is 1.93. The molecule has 0 aliphatic carbocycles. The lowest BCUT2D eigenvalue weighted by Crippen LogP contribution is -2.21. The molecule has 1 aromatic carbocycles. The normalized spacial score (nSPS) is 12.4. The van der Waals surface area contributed by atoms with E-state index in [9.17, 15) is 8.42 Å². The van der Waals surface area contributed by atoms with E-state index in [1.807, 2.05) is 35.8 Å². The van der Waals surface area contributed by atoms with E-state index in [0.717, 1.165) is 16.9 Å². The molecule has 2 aromatic rings. The average Bonchev–Trinajstić information content (AvgIpc) is 2.62. The zero-order valence-corrected chi connectivity index (χ0v) is 11.7. The maximum Gasteiger partial charge on any atom is 0.154 e. The first kappa shape index (κ1) is 13.1. The molecular weight excluding hydrogens is 248 g/mol. The monoisotopic (exact) mass is 266 g/mol. The van der Waals surface area contributed by atoms with Crippen molar-refractivity contribution >= 4 is 20.9 Å². The Morgan fingerprint density at radius 3 is 2.61 bits per heavy atom. The lowest BCUT2D eigenvalue weighted by atomic mass is 10.3. The van der Waals surface area contributed by atoms with Crippen LogP contribution in [0.15, 0.2) is 24.3 Å². The summed E-state index contributed by atoms with van der Waals surface area (Å²) in [5.41, 5.74) is 1.91. The summed E-state index contributed by atoms with van der Waals surface area (Å²) in [5.74, 6) is 1.02. The summed E-state index contributed by atoms with van der Waals surface area (Å²) in [6.07, 6.45) is 0. The van der Waals surface area contributed by atoms with E-state index in [2.05, 4.69) is 4.98 Å². The third kappa shape index (κ3) is 2.41. The Morgan fingerprint density at radius 1 is 1.28 bits per heavy atom. The van der Waals surface area contributed by atoms with Gasteiger partial charge in [0, 0.05) is 6.54 Å². The van der Waals surface area contributed by atoms with Crippen LogP contribution in [0.5, 0.6) is 0 Å². The SMILES string of the molecule is Cc1nc2ccccc2n1CCS(=O)(=O)C(C)C. The van der Waals surface area contributed by atoms with Crippen LogP contribution in [0.3, 0.4) is 0 Å². The highest BCUT2D eigenvalue weighted by molar-refractivity contribution is 7.91. The number of benzene rings is 1. The second kappa shape index (κ2) is 4.72. The van der Waals surface area contributed by atoms with Gasteiger partial charge in [0.25, 0.3) is 0 Å². The van der Waals surface area contributed by atoms with Gasteiger partial charge in [0.05, 0.1) is 22.0 Å². The largest absolute Gasteiger partial charge is 0.327 e. The average molecular weight is 266 g/mol. The molecule has 0 fully saturated rings. The number of aryl methyl sites for hydroxylation is 2. The van der Waals surface area contributed by atoms with Gasteiger partial charge < -0.3 is 4.57 Å². The Kier molecular flexibility index (Phi) is 3.43. The number of aromatic nitrogens is 2. The molecule has 0 saturated carbocycles. The van der Waals surface area contributed by atoms with Crippen LogP contribution < -0.4 is 0 Å². The first-order valence-electron chi connectivity index (χ1n) is 6.05. The highest BCUT2D eigenvalue weighted by atomic mass is 32.2. The van der Waals surface area contributed by atoms with Crippen LogP contribution in [0.25, 0.3) is 11.0 Å². The summed E-state index contributed by atoms with van der Waals surface area (Å²) in [5, 5.41) is -0.326. The summed E-state index contributed by atoms with van der Waals surface area (Å²) in [6.45, 7) is 5.80. The van der Waals surface area contributed by atoms with Crippen molar-refractivity contribution in [2.24, 2.45) is 0 Å². The minimum atomic E-state index is -3.01. The van der Waals surface area contributed by atoms with Gasteiger partial charge in [0.2, 0.25) is 0 Å². The molecule has 0 aliphatic rings. The number of rotatable bonds is 4. The molecule has 0 unspecified atom stereocenters. The number of nitrogens with zero attached hydrogens (tertiary/aromatic N) is 2. The Morgan fingerprint density at radius 2 is 1.94 bits per heavy atom. The summed E-state index contributed by atoms with van der Waals surface area (Å²) >= 11 is 0. The molecule has 5 heteroatoms. The number of fused-ring (bicyclic) bond motifs is 1. The number of hydrogen-bond donors (Lipinski definition) is 0. The molecule has 0 aliphatic heterocycles. The van der Waals surface area contributed by atoms with Gasteiger partial charge in [-0.15, -0.1) is 0 Å². The van der Waals surface area contributed by atoms with E-state index in [-0.39, 0.29) is 11.0 Å². The first-order chi connectivity index (χ1) is 8.42. The van der Waals surface area contributed by atoms with Gasteiger partial charge in [-0.05, 0) is 32.9 Å². The molecule has 2 rings (SSSR count). The lowest BCUT2D eigenvalue weighted by molar-refractivity contribution is 0.580. The molecule has 0 bridgehead atoms. The Bertz CT molecular complexity index is 657. The maximum atomic E-state index is 11.8. The van der Waals surface area contributed by atoms with Crippen LogP contribution in [0.4, 0.5) is 0 Å². The van der Waals surface area contributed by atoms with Crippen molar-refractivity contribution in [1.82, 2.24) is 9.55 Å². The summed E-state index contributed by atoms with van der Waals surface area (Å²) in [4.78, 5) is 4.43. The van der Waals surface area contributed by atoms with E-state index >= 15 is 0 Å². The predicted octanol–water partition coefficient (Wildman–Crippen LogP) is 2.17. The number of imidazole rings is 1. The lowest BCUT2D eigenvalue weighted by Gasteiger charge is -2.10. The van der Waals surface area contributed by atoms with Gasteiger partial charge in [0.15, 0.2) is 9.84 Å². The number of para-hydroxylation sites is 2. The highest BCUT2D eigenvalue weighted by Crippen LogP contribution is 2.16. The van der Waals surface area contributed by atoms with Crippen LogP contribution in [0.1, 0.15) is 19.7 Å². The summed E-state index contributed by atoms with van der Waals surface area (Å²) in [7, 11) is -3.01. The maximum absolute atomic E-state index is 11.8. The first-order valence-corrected chi connectivity index (χ1v) is 7.77. The van der Waals surface area contributed by atoms with Crippen LogP contribution in [0, 0.1) is 6.92 Å². The molecule has 0 N–H and O–H groups in total. The van der Waals surface area contributed by atoms with Crippen molar-refractivity contribution < 1.29 is 8.42 Å². The van der Waals surface area contributed by atoms with E-state index in [0.29, 0.717) is 6.54 Å². The van der Waals surface area contributed by atoms with E-state index in [1.165, 1.54) is 0 Å². The Balaban J connectivity index is 2.30. The van der Waals surface area contributed by atoms with Crippen LogP contribution >= 0.6 is 0 Å². The van der Waals surface area contributed by atoms with E-state index in [1.54, 1.807) is 13.8 Å². The van der Waals surface area contributed by atoms with Crippen molar-refractivity contribution in [3.8, 4) is 0 Å². The molecule has 0 amide bonds. The topological polar surface area (TPSA) is 52.0 Å². The molecule has 18 heavy (non-hydrogen) atoms. The van der Waals surface area contributed by atoms with Crippen molar-refractivity contribution in [1.29, 1.82) is 0 Å². The minimum absolute atomic E-state index is 0.159. The second-order valence-corrected chi connectivity index (χ2v) is 7.39. The molecule has 0 atom stereocenters. The van der Waals surface area contributed by atoms with Gasteiger partial charge in [-0.25, -0.2) is 13.4 Å². The quantitative estimate of drug-likeness (QED) is 0.852. The minimum Gasteiger partial charge on any atom is -0.327 e. The van der Waals surface area contributed by atoms with Gasteiger partial charge in [-0.3, -0.25) is 0 Å². The van der Waals surface area contributed by atoms with Crippen molar-refractivity contribution in [2.45, 2.75) is 32.6 Å². The summed E-state index contributed by atoms with van der Waals surface area (Å²) in [6, 6.07) is 7.79. The third-order valence-electron chi connectivity index (χ3n) is 3.16. The van der Waals surface area contributed by atoms with Crippen LogP contribution in [-0.2, 0) is 16.4 Å². The van der Waals surface area contributed by atoms with Gasteiger partial charge >= 0.3 is 0 Å². The Hall–Kier alpha value is -1.36. The highest BCUT2D eigenvalue weighted by Gasteiger charge is 2.17. The molecule has 1 heterocycles. The molecule has 0 radical (unpaired) electrons.